The molecule has 0 spiro atoms. The van der Waals surface area contributed by atoms with Gasteiger partial charge < -0.3 is 15.0 Å². The predicted molar refractivity (Wildman–Crippen MR) is 76.1 cm³/mol. The fourth-order valence-electron chi connectivity index (χ4n) is 1.85. The minimum Gasteiger partial charge on any atom is -0.383 e. The van der Waals surface area contributed by atoms with Gasteiger partial charge >= 0.3 is 0 Å². The molecule has 18 heavy (non-hydrogen) atoms. The molecule has 4 heteroatoms. The average molecular weight is 251 g/mol. The molecule has 0 saturated carbocycles. The summed E-state index contributed by atoms with van der Waals surface area (Å²) in [7, 11) is 3.70. The highest BCUT2D eigenvalue weighted by molar-refractivity contribution is 5.42. The van der Waals surface area contributed by atoms with Crippen molar-refractivity contribution in [2.45, 2.75) is 32.9 Å². The molecule has 1 N–H and O–H groups in total. The van der Waals surface area contributed by atoms with E-state index in [-0.39, 0.29) is 0 Å². The Morgan fingerprint density at radius 2 is 2.11 bits per heavy atom. The van der Waals surface area contributed by atoms with Gasteiger partial charge in [0.25, 0.3) is 0 Å². The van der Waals surface area contributed by atoms with Gasteiger partial charge in [-0.15, -0.1) is 0 Å². The van der Waals surface area contributed by atoms with Crippen LogP contribution in [0.5, 0.6) is 0 Å². The molecule has 0 aromatic carbocycles. The van der Waals surface area contributed by atoms with E-state index in [1.54, 1.807) is 7.11 Å². The molecule has 4 nitrogen and oxygen atoms in total. The van der Waals surface area contributed by atoms with Crippen molar-refractivity contribution in [3.63, 3.8) is 0 Å². The van der Waals surface area contributed by atoms with Crippen LogP contribution >= 0.6 is 0 Å². The lowest BCUT2D eigenvalue weighted by molar-refractivity contribution is 0.203. The Hall–Kier alpha value is -1.13. The van der Waals surface area contributed by atoms with E-state index >= 15 is 0 Å². The second-order valence-electron chi connectivity index (χ2n) is 4.74. The van der Waals surface area contributed by atoms with Gasteiger partial charge in [0.15, 0.2) is 0 Å². The van der Waals surface area contributed by atoms with E-state index in [9.17, 15) is 0 Å². The van der Waals surface area contributed by atoms with Gasteiger partial charge in [0.1, 0.15) is 5.82 Å². The third-order valence-electron chi connectivity index (χ3n) is 3.16. The van der Waals surface area contributed by atoms with Crippen molar-refractivity contribution in [3.8, 4) is 0 Å². The summed E-state index contributed by atoms with van der Waals surface area (Å²) >= 11 is 0. The van der Waals surface area contributed by atoms with Gasteiger partial charge in [-0.25, -0.2) is 4.98 Å². The molecule has 0 amide bonds. The van der Waals surface area contributed by atoms with Crippen LogP contribution in [0.1, 0.15) is 32.4 Å². The Bertz CT molecular complexity index is 355. The number of ether oxygens (including phenoxy) is 1. The molecule has 1 heterocycles. The van der Waals surface area contributed by atoms with Crippen LogP contribution in [0.3, 0.4) is 0 Å². The van der Waals surface area contributed by atoms with Crippen LogP contribution in [-0.2, 0) is 4.74 Å². The second-order valence-corrected chi connectivity index (χ2v) is 4.74. The highest BCUT2D eigenvalue weighted by Gasteiger charge is 2.13. The van der Waals surface area contributed by atoms with Crippen LogP contribution in [-0.4, -0.2) is 38.3 Å². The maximum Gasteiger partial charge on any atom is 0.129 e. The molecule has 0 aliphatic carbocycles. The molecule has 0 aliphatic rings. The van der Waals surface area contributed by atoms with Crippen LogP contribution in [0.25, 0.3) is 0 Å². The third kappa shape index (κ3) is 3.96. The summed E-state index contributed by atoms with van der Waals surface area (Å²) in [5, 5.41) is 3.25. The Morgan fingerprint density at radius 1 is 1.39 bits per heavy atom. The number of methoxy groups -OCH3 is 1. The molecular formula is C14H25N3O. The molecule has 1 unspecified atom stereocenters. The van der Waals surface area contributed by atoms with Crippen molar-refractivity contribution in [3.05, 3.63) is 23.9 Å². The van der Waals surface area contributed by atoms with Crippen LogP contribution in [0.15, 0.2) is 18.3 Å². The Kier molecular flexibility index (Phi) is 6.09. The summed E-state index contributed by atoms with van der Waals surface area (Å²) in [6, 6.07) is 4.95. The van der Waals surface area contributed by atoms with Crippen molar-refractivity contribution in [2.24, 2.45) is 0 Å². The molecule has 0 radical (unpaired) electrons. The first-order chi connectivity index (χ1) is 8.60. The third-order valence-corrected chi connectivity index (χ3v) is 3.16. The van der Waals surface area contributed by atoms with E-state index in [1.165, 1.54) is 5.56 Å². The van der Waals surface area contributed by atoms with Gasteiger partial charge in [0, 0.05) is 31.9 Å². The summed E-state index contributed by atoms with van der Waals surface area (Å²) in [5.74, 6) is 1.02. The fraction of sp³-hybridized carbons (Fsp3) is 0.643. The lowest BCUT2D eigenvalue weighted by Crippen LogP contribution is -2.34. The van der Waals surface area contributed by atoms with Crippen molar-refractivity contribution in [1.82, 2.24) is 10.3 Å². The smallest absolute Gasteiger partial charge is 0.129 e. The SMILES string of the molecule is CNC(C)c1ccnc(N(CCOC)C(C)C)c1. The zero-order chi connectivity index (χ0) is 13.5. The quantitative estimate of drug-likeness (QED) is 0.806. The van der Waals surface area contributed by atoms with E-state index in [0.717, 1.165) is 12.4 Å². The van der Waals surface area contributed by atoms with Crippen molar-refractivity contribution >= 4 is 5.82 Å². The van der Waals surface area contributed by atoms with Crippen LogP contribution < -0.4 is 10.2 Å². The molecular weight excluding hydrogens is 226 g/mol. The van der Waals surface area contributed by atoms with Crippen molar-refractivity contribution in [2.75, 3.05) is 32.2 Å². The summed E-state index contributed by atoms with van der Waals surface area (Å²) < 4.78 is 5.16. The van der Waals surface area contributed by atoms with Gasteiger partial charge in [-0.3, -0.25) is 0 Å². The normalized spacial score (nSPS) is 12.8. The van der Waals surface area contributed by atoms with Gasteiger partial charge in [0.2, 0.25) is 0 Å². The number of pyridine rings is 1. The Balaban J connectivity index is 2.90. The van der Waals surface area contributed by atoms with Gasteiger partial charge in [-0.2, -0.15) is 0 Å². The average Bonchev–Trinajstić information content (AvgIpc) is 2.38. The highest BCUT2D eigenvalue weighted by atomic mass is 16.5. The highest BCUT2D eigenvalue weighted by Crippen LogP contribution is 2.19. The lowest BCUT2D eigenvalue weighted by Gasteiger charge is -2.28. The second kappa shape index (κ2) is 7.34. The summed E-state index contributed by atoms with van der Waals surface area (Å²) in [4.78, 5) is 6.73. The van der Waals surface area contributed by atoms with E-state index in [4.69, 9.17) is 4.74 Å². The molecule has 0 fully saturated rings. The number of hydrogen-bond acceptors (Lipinski definition) is 4. The first-order valence-electron chi connectivity index (χ1n) is 6.49. The lowest BCUT2D eigenvalue weighted by atomic mass is 10.1. The summed E-state index contributed by atoms with van der Waals surface area (Å²) in [6.07, 6.45) is 1.88. The van der Waals surface area contributed by atoms with E-state index in [1.807, 2.05) is 13.2 Å². The molecule has 1 aromatic rings. The molecule has 102 valence electrons. The molecule has 1 atom stereocenters. The van der Waals surface area contributed by atoms with Gasteiger partial charge in [-0.05, 0) is 45.5 Å². The first kappa shape index (κ1) is 14.9. The zero-order valence-corrected chi connectivity index (χ0v) is 12.1. The maximum absolute atomic E-state index is 5.16. The van der Waals surface area contributed by atoms with Crippen LogP contribution in [0.2, 0.25) is 0 Å². The number of rotatable bonds is 7. The molecule has 0 bridgehead atoms. The number of anilines is 1. The summed E-state index contributed by atoms with van der Waals surface area (Å²) in [5.41, 5.74) is 1.26. The summed E-state index contributed by atoms with van der Waals surface area (Å²) in [6.45, 7) is 8.06. The monoisotopic (exact) mass is 251 g/mol. The topological polar surface area (TPSA) is 37.4 Å². The van der Waals surface area contributed by atoms with E-state index < -0.39 is 0 Å². The van der Waals surface area contributed by atoms with E-state index in [0.29, 0.717) is 18.7 Å². The standard InChI is InChI=1S/C14H25N3O/c1-11(2)17(8-9-18-5)14-10-13(6-7-16-14)12(3)15-4/h6-7,10-12,15H,8-9H2,1-5H3. The number of nitrogens with zero attached hydrogens (tertiary/aromatic N) is 2. The first-order valence-corrected chi connectivity index (χ1v) is 6.49. The molecule has 1 rings (SSSR count). The number of hydrogen-bond donors (Lipinski definition) is 1. The minimum absolute atomic E-state index is 0.336. The maximum atomic E-state index is 5.16. The molecule has 0 aliphatic heterocycles. The Labute approximate surface area is 110 Å². The molecule has 0 saturated heterocycles. The van der Waals surface area contributed by atoms with E-state index in [2.05, 4.69) is 48.1 Å². The van der Waals surface area contributed by atoms with Crippen molar-refractivity contribution in [1.29, 1.82) is 0 Å². The predicted octanol–water partition coefficient (Wildman–Crippen LogP) is 2.22. The number of aromatic nitrogens is 1. The zero-order valence-electron chi connectivity index (χ0n) is 12.1. The van der Waals surface area contributed by atoms with Crippen LogP contribution in [0, 0.1) is 0 Å². The van der Waals surface area contributed by atoms with Crippen molar-refractivity contribution < 1.29 is 4.74 Å². The fourth-order valence-corrected chi connectivity index (χ4v) is 1.85. The molecule has 1 aromatic heterocycles. The minimum atomic E-state index is 0.336. The number of nitrogens with one attached hydrogen (secondary N) is 1. The largest absolute Gasteiger partial charge is 0.383 e. The van der Waals surface area contributed by atoms with Gasteiger partial charge in [-0.1, -0.05) is 0 Å². The Morgan fingerprint density at radius 3 is 2.67 bits per heavy atom. The van der Waals surface area contributed by atoms with Crippen LogP contribution in [0.4, 0.5) is 5.82 Å². The van der Waals surface area contributed by atoms with Gasteiger partial charge in [0.05, 0.1) is 6.61 Å².